The number of fused-ring (bicyclic) bond motifs is 1. The monoisotopic (exact) mass is 516 g/mol. The number of aromatic nitrogens is 3. The van der Waals surface area contributed by atoms with Crippen LogP contribution in [0.4, 0.5) is 16.2 Å². The van der Waals surface area contributed by atoms with Gasteiger partial charge >= 0.3 is 0 Å². The third kappa shape index (κ3) is 4.97. The predicted octanol–water partition coefficient (Wildman–Crippen LogP) is 2.39. The molecule has 2 saturated heterocycles. The Morgan fingerprint density at radius 3 is 2.70 bits per heavy atom. The number of nitrogens with zero attached hydrogens (tertiary/aromatic N) is 4. The van der Waals surface area contributed by atoms with Crippen LogP contribution in [0.15, 0.2) is 24.1 Å². The highest BCUT2D eigenvalue weighted by Crippen LogP contribution is 2.44. The van der Waals surface area contributed by atoms with E-state index in [0.29, 0.717) is 55.7 Å². The highest BCUT2D eigenvalue weighted by Gasteiger charge is 2.43. The molecule has 3 N–H and O–H groups in total. The Kier molecular flexibility index (Phi) is 7.75. The fourth-order valence-electron chi connectivity index (χ4n) is 5.56. The van der Waals surface area contributed by atoms with E-state index in [1.165, 1.54) is 7.11 Å². The lowest BCUT2D eigenvalue weighted by atomic mass is 9.76. The number of rotatable bonds is 8. The SMILES string of the molecule is CCC1C(OC)=CC(OC)C(F)C1c1cc2cnc(NC3COCCC3N)nc2c(N2CC(OC)C2)n1. The molecule has 202 valence electrons. The first kappa shape index (κ1) is 26.0. The molecule has 1 aliphatic carbocycles. The molecule has 2 aromatic heterocycles. The number of methoxy groups -OCH3 is 3. The van der Waals surface area contributed by atoms with Crippen LogP contribution in [-0.2, 0) is 18.9 Å². The minimum absolute atomic E-state index is 0.0404. The summed E-state index contributed by atoms with van der Waals surface area (Å²) in [6.07, 6.45) is 3.12. The first-order chi connectivity index (χ1) is 18.0. The summed E-state index contributed by atoms with van der Waals surface area (Å²) in [5.74, 6) is 1.19. The number of hydrogen-bond acceptors (Lipinski definition) is 10. The van der Waals surface area contributed by atoms with Gasteiger partial charge in [0.1, 0.15) is 17.8 Å². The summed E-state index contributed by atoms with van der Waals surface area (Å²) in [5.41, 5.74) is 7.61. The second kappa shape index (κ2) is 11.0. The number of nitrogens with one attached hydrogen (secondary N) is 1. The molecule has 0 amide bonds. The fraction of sp³-hybridized carbons (Fsp3) is 0.654. The van der Waals surface area contributed by atoms with Gasteiger partial charge in [-0.3, -0.25) is 0 Å². The first-order valence-electron chi connectivity index (χ1n) is 12.9. The van der Waals surface area contributed by atoms with Crippen molar-refractivity contribution in [2.45, 2.75) is 56.1 Å². The summed E-state index contributed by atoms with van der Waals surface area (Å²) in [7, 11) is 4.83. The third-order valence-corrected chi connectivity index (χ3v) is 7.85. The van der Waals surface area contributed by atoms with E-state index in [1.54, 1.807) is 26.5 Å². The van der Waals surface area contributed by atoms with Gasteiger partial charge in [-0.1, -0.05) is 6.92 Å². The van der Waals surface area contributed by atoms with Crippen molar-refractivity contribution in [2.75, 3.05) is 57.8 Å². The molecular formula is C26H37FN6O4. The maximum Gasteiger partial charge on any atom is 0.223 e. The van der Waals surface area contributed by atoms with Crippen LogP contribution in [0, 0.1) is 5.92 Å². The van der Waals surface area contributed by atoms with Crippen molar-refractivity contribution in [3.63, 3.8) is 0 Å². The summed E-state index contributed by atoms with van der Waals surface area (Å²) in [4.78, 5) is 16.5. The molecule has 0 aromatic carbocycles. The summed E-state index contributed by atoms with van der Waals surface area (Å²) in [5, 5.41) is 4.12. The summed E-state index contributed by atoms with van der Waals surface area (Å²) >= 11 is 0. The van der Waals surface area contributed by atoms with Crippen LogP contribution >= 0.6 is 0 Å². The highest BCUT2D eigenvalue weighted by molar-refractivity contribution is 5.89. The van der Waals surface area contributed by atoms with E-state index in [2.05, 4.69) is 15.2 Å². The minimum atomic E-state index is -1.27. The van der Waals surface area contributed by atoms with Crippen molar-refractivity contribution >= 4 is 22.7 Å². The second-order valence-corrected chi connectivity index (χ2v) is 10.0. The number of pyridine rings is 1. The maximum absolute atomic E-state index is 15.9. The number of ether oxygens (including phenoxy) is 4. The molecule has 0 bridgehead atoms. The van der Waals surface area contributed by atoms with Crippen LogP contribution in [0.25, 0.3) is 10.9 Å². The molecule has 4 heterocycles. The first-order valence-corrected chi connectivity index (χ1v) is 12.9. The molecule has 6 unspecified atom stereocenters. The zero-order valence-corrected chi connectivity index (χ0v) is 21.9. The summed E-state index contributed by atoms with van der Waals surface area (Å²) in [6.45, 7) is 4.56. The van der Waals surface area contributed by atoms with Gasteiger partial charge in [-0.05, 0) is 25.0 Å². The molecule has 3 aliphatic rings. The maximum atomic E-state index is 15.9. The molecule has 0 spiro atoms. The van der Waals surface area contributed by atoms with Gasteiger partial charge in [-0.2, -0.15) is 0 Å². The van der Waals surface area contributed by atoms with Gasteiger partial charge < -0.3 is 34.9 Å². The van der Waals surface area contributed by atoms with Gasteiger partial charge in [0.05, 0.1) is 37.3 Å². The molecule has 2 aromatic rings. The van der Waals surface area contributed by atoms with Crippen molar-refractivity contribution < 1.29 is 23.3 Å². The zero-order valence-electron chi connectivity index (χ0n) is 21.9. The van der Waals surface area contributed by atoms with Crippen LogP contribution in [0.5, 0.6) is 0 Å². The lowest BCUT2D eigenvalue weighted by molar-refractivity contribution is 0.0190. The van der Waals surface area contributed by atoms with Gasteiger partial charge in [0.2, 0.25) is 5.95 Å². The molecule has 6 atom stereocenters. The van der Waals surface area contributed by atoms with E-state index in [4.69, 9.17) is 34.6 Å². The Bertz CT molecular complexity index is 1130. The van der Waals surface area contributed by atoms with Crippen LogP contribution < -0.4 is 16.0 Å². The highest BCUT2D eigenvalue weighted by atomic mass is 19.1. The van der Waals surface area contributed by atoms with Crippen molar-refractivity contribution in [2.24, 2.45) is 11.7 Å². The van der Waals surface area contributed by atoms with Crippen molar-refractivity contribution in [1.82, 2.24) is 15.0 Å². The molecule has 2 aliphatic heterocycles. The molecule has 2 fully saturated rings. The van der Waals surface area contributed by atoms with E-state index in [0.717, 1.165) is 17.6 Å². The normalized spacial score (nSPS) is 30.6. The van der Waals surface area contributed by atoms with Gasteiger partial charge in [0.25, 0.3) is 0 Å². The van der Waals surface area contributed by atoms with Crippen molar-refractivity contribution in [3.8, 4) is 0 Å². The Labute approximate surface area is 216 Å². The van der Waals surface area contributed by atoms with E-state index in [1.807, 2.05) is 13.0 Å². The standard InChI is InChI=1S/C26H37FN6O4/c1-5-16-20(35-3)9-21(36-4)23(27)22(16)18-8-14-10-29-26(31-19-13-37-7-6-17(19)28)32-24(14)25(30-18)33-11-15(12-33)34-2/h8-10,15-17,19,21-23H,5-7,11-13,28H2,1-4H3,(H,29,31,32). The van der Waals surface area contributed by atoms with E-state index < -0.39 is 18.2 Å². The number of halogens is 1. The average molecular weight is 517 g/mol. The number of anilines is 2. The lowest BCUT2D eigenvalue weighted by Gasteiger charge is -2.40. The minimum Gasteiger partial charge on any atom is -0.501 e. The number of nitrogens with two attached hydrogens (primary N) is 1. The summed E-state index contributed by atoms with van der Waals surface area (Å²) < 4.78 is 38.1. The van der Waals surface area contributed by atoms with Crippen molar-refractivity contribution in [3.05, 3.63) is 29.8 Å². The van der Waals surface area contributed by atoms with Crippen LogP contribution in [0.1, 0.15) is 31.4 Å². The van der Waals surface area contributed by atoms with E-state index in [-0.39, 0.29) is 24.1 Å². The summed E-state index contributed by atoms with van der Waals surface area (Å²) in [6, 6.07) is 1.78. The van der Waals surface area contributed by atoms with Gasteiger partial charge in [0.15, 0.2) is 5.82 Å². The Morgan fingerprint density at radius 2 is 2.03 bits per heavy atom. The van der Waals surface area contributed by atoms with Crippen molar-refractivity contribution in [1.29, 1.82) is 0 Å². The number of hydrogen-bond donors (Lipinski definition) is 2. The van der Waals surface area contributed by atoms with Gasteiger partial charge in [0, 0.05) is 63.4 Å². The molecule has 5 rings (SSSR count). The van der Waals surface area contributed by atoms with Gasteiger partial charge in [-0.15, -0.1) is 0 Å². The quantitative estimate of drug-likeness (QED) is 0.542. The number of alkyl halides is 1. The Hall–Kier alpha value is -2.60. The Balaban J connectivity index is 1.55. The number of allylic oxidation sites excluding steroid dienone is 1. The molecule has 37 heavy (non-hydrogen) atoms. The molecule has 0 radical (unpaired) electrons. The van der Waals surface area contributed by atoms with E-state index in [9.17, 15) is 0 Å². The molecule has 10 nitrogen and oxygen atoms in total. The van der Waals surface area contributed by atoms with E-state index >= 15 is 4.39 Å². The largest absolute Gasteiger partial charge is 0.501 e. The van der Waals surface area contributed by atoms with Crippen LogP contribution in [0.3, 0.4) is 0 Å². The fourth-order valence-corrected chi connectivity index (χ4v) is 5.56. The van der Waals surface area contributed by atoms with Crippen LogP contribution in [-0.4, -0.2) is 93.0 Å². The predicted molar refractivity (Wildman–Crippen MR) is 138 cm³/mol. The average Bonchev–Trinajstić information content (AvgIpc) is 2.89. The van der Waals surface area contributed by atoms with Gasteiger partial charge in [-0.25, -0.2) is 19.3 Å². The smallest absolute Gasteiger partial charge is 0.223 e. The van der Waals surface area contributed by atoms with Crippen LogP contribution in [0.2, 0.25) is 0 Å². The topological polar surface area (TPSA) is 117 Å². The third-order valence-electron chi connectivity index (χ3n) is 7.85. The molecule has 11 heteroatoms. The Morgan fingerprint density at radius 1 is 1.22 bits per heavy atom. The zero-order chi connectivity index (χ0) is 26.1. The molecule has 0 saturated carbocycles. The molecular weight excluding hydrogens is 479 g/mol. The lowest BCUT2D eigenvalue weighted by Crippen LogP contribution is -2.52. The second-order valence-electron chi connectivity index (χ2n) is 10.0.